The Bertz CT molecular complexity index is 723. The summed E-state index contributed by atoms with van der Waals surface area (Å²) in [5.74, 6) is 3.97. The number of hydrogen-bond acceptors (Lipinski definition) is 1. The van der Waals surface area contributed by atoms with E-state index in [0.717, 1.165) is 30.6 Å². The molecule has 1 heteroatoms. The van der Waals surface area contributed by atoms with Crippen molar-refractivity contribution in [3.8, 4) is 0 Å². The van der Waals surface area contributed by atoms with Crippen molar-refractivity contribution in [2.75, 3.05) is 0 Å². The molecule has 0 aromatic heterocycles. The third-order valence-corrected chi connectivity index (χ3v) is 10.2. The summed E-state index contributed by atoms with van der Waals surface area (Å²) >= 11 is 0. The molecule has 162 valence electrons. The molecule has 0 amide bonds. The number of Topliss-reactive ketones (excluding diaryl/α,β-unsaturated/α-hetero) is 1. The van der Waals surface area contributed by atoms with Crippen LogP contribution < -0.4 is 0 Å². The summed E-state index contributed by atoms with van der Waals surface area (Å²) in [5.41, 5.74) is 5.99. The van der Waals surface area contributed by atoms with Crippen molar-refractivity contribution in [3.63, 3.8) is 0 Å². The van der Waals surface area contributed by atoms with Gasteiger partial charge in [-0.1, -0.05) is 50.5 Å². The lowest BCUT2D eigenvalue weighted by atomic mass is 9.49. The third-order valence-electron chi connectivity index (χ3n) is 10.2. The highest BCUT2D eigenvalue weighted by molar-refractivity contribution is 5.82. The lowest BCUT2D eigenvalue weighted by Gasteiger charge is -2.55. The van der Waals surface area contributed by atoms with Gasteiger partial charge < -0.3 is 0 Å². The van der Waals surface area contributed by atoms with Gasteiger partial charge in [-0.25, -0.2) is 0 Å². The predicted octanol–water partition coefficient (Wildman–Crippen LogP) is 7.91. The van der Waals surface area contributed by atoms with Crippen LogP contribution >= 0.6 is 0 Å². The molecule has 4 rings (SSSR count). The Kier molecular flexibility index (Phi) is 5.67. The normalized spacial score (nSPS) is 42.8. The van der Waals surface area contributed by atoms with Crippen LogP contribution in [0.5, 0.6) is 0 Å². The molecule has 0 aromatic rings. The number of carbonyl (C=O) groups is 1. The summed E-state index contributed by atoms with van der Waals surface area (Å²) in [6, 6.07) is 0. The molecular formula is C28H44O. The molecule has 2 fully saturated rings. The fraction of sp³-hybridized carbons (Fsp3) is 0.821. The Morgan fingerprint density at radius 2 is 1.86 bits per heavy atom. The first-order valence-corrected chi connectivity index (χ1v) is 12.6. The van der Waals surface area contributed by atoms with Crippen molar-refractivity contribution >= 4 is 5.78 Å². The Morgan fingerprint density at radius 3 is 2.59 bits per heavy atom. The molecular weight excluding hydrogens is 352 g/mol. The summed E-state index contributed by atoms with van der Waals surface area (Å²) in [7, 11) is 0. The summed E-state index contributed by atoms with van der Waals surface area (Å²) in [6.07, 6.45) is 15.1. The molecule has 0 spiro atoms. The lowest BCUT2D eigenvalue weighted by Crippen LogP contribution is -2.47. The Labute approximate surface area is 179 Å². The fourth-order valence-corrected chi connectivity index (χ4v) is 8.54. The highest BCUT2D eigenvalue weighted by Crippen LogP contribution is 2.66. The van der Waals surface area contributed by atoms with E-state index in [-0.39, 0.29) is 5.92 Å². The summed E-state index contributed by atoms with van der Waals surface area (Å²) in [6.45, 7) is 14.4. The molecule has 1 nitrogen and oxygen atoms in total. The summed E-state index contributed by atoms with van der Waals surface area (Å²) in [5, 5.41) is 0. The Balaban J connectivity index is 1.57. The molecule has 4 aliphatic carbocycles. The first-order valence-electron chi connectivity index (χ1n) is 12.6. The molecule has 0 radical (unpaired) electrons. The molecule has 0 aliphatic heterocycles. The zero-order valence-electron chi connectivity index (χ0n) is 19.9. The predicted molar refractivity (Wildman–Crippen MR) is 123 cm³/mol. The zero-order chi connectivity index (χ0) is 21.0. The molecule has 4 aliphatic rings. The van der Waals surface area contributed by atoms with E-state index in [0.29, 0.717) is 22.5 Å². The van der Waals surface area contributed by atoms with Crippen LogP contribution in [0.25, 0.3) is 0 Å². The van der Waals surface area contributed by atoms with Gasteiger partial charge in [-0.05, 0) is 106 Å². The van der Waals surface area contributed by atoms with E-state index in [1.807, 2.05) is 11.1 Å². The summed E-state index contributed by atoms with van der Waals surface area (Å²) < 4.78 is 0. The number of rotatable bonds is 4. The molecule has 0 bridgehead atoms. The largest absolute Gasteiger partial charge is 0.299 e. The average Bonchev–Trinajstić information content (AvgIpc) is 3.02. The first kappa shape index (κ1) is 21.4. The maximum absolute atomic E-state index is 12.4. The quantitative estimate of drug-likeness (QED) is 0.441. The second kappa shape index (κ2) is 7.69. The molecule has 0 saturated heterocycles. The van der Waals surface area contributed by atoms with Gasteiger partial charge in [0.2, 0.25) is 0 Å². The zero-order valence-corrected chi connectivity index (χ0v) is 19.9. The van der Waals surface area contributed by atoms with Crippen LogP contribution in [0.4, 0.5) is 0 Å². The molecule has 0 heterocycles. The smallest absolute Gasteiger partial charge is 0.136 e. The van der Waals surface area contributed by atoms with Crippen LogP contribution in [0.1, 0.15) is 106 Å². The number of carbonyl (C=O) groups excluding carboxylic acids is 1. The number of ketones is 1. The van der Waals surface area contributed by atoms with Gasteiger partial charge in [-0.15, -0.1) is 0 Å². The minimum atomic E-state index is 0.280. The fourth-order valence-electron chi connectivity index (χ4n) is 8.54. The van der Waals surface area contributed by atoms with E-state index in [4.69, 9.17) is 0 Å². The Morgan fingerprint density at radius 1 is 1.10 bits per heavy atom. The second-order valence-electron chi connectivity index (χ2n) is 11.9. The third kappa shape index (κ3) is 3.39. The molecule has 2 saturated carbocycles. The minimum Gasteiger partial charge on any atom is -0.299 e. The molecule has 2 unspecified atom stereocenters. The van der Waals surface area contributed by atoms with Gasteiger partial charge in [0.25, 0.3) is 0 Å². The van der Waals surface area contributed by atoms with Crippen LogP contribution in [0, 0.1) is 40.4 Å². The lowest BCUT2D eigenvalue weighted by molar-refractivity contribution is -0.130. The van der Waals surface area contributed by atoms with E-state index in [1.54, 1.807) is 0 Å². The average molecular weight is 397 g/mol. The van der Waals surface area contributed by atoms with Gasteiger partial charge in [0.05, 0.1) is 0 Å². The van der Waals surface area contributed by atoms with Crippen LogP contribution in [0.15, 0.2) is 22.8 Å². The van der Waals surface area contributed by atoms with Gasteiger partial charge in [-0.3, -0.25) is 4.79 Å². The van der Waals surface area contributed by atoms with Gasteiger partial charge in [-0.2, -0.15) is 0 Å². The van der Waals surface area contributed by atoms with Crippen LogP contribution in [-0.2, 0) is 4.79 Å². The second-order valence-corrected chi connectivity index (χ2v) is 11.9. The number of allylic oxidation sites excluding steroid dienone is 4. The van der Waals surface area contributed by atoms with Crippen molar-refractivity contribution in [1.29, 1.82) is 0 Å². The van der Waals surface area contributed by atoms with Crippen LogP contribution in [-0.4, -0.2) is 5.78 Å². The van der Waals surface area contributed by atoms with Crippen molar-refractivity contribution < 1.29 is 4.79 Å². The van der Waals surface area contributed by atoms with E-state index in [1.165, 1.54) is 56.9 Å². The van der Waals surface area contributed by atoms with E-state index in [9.17, 15) is 4.79 Å². The molecule has 29 heavy (non-hydrogen) atoms. The van der Waals surface area contributed by atoms with Gasteiger partial charge in [0.1, 0.15) is 5.78 Å². The van der Waals surface area contributed by atoms with Crippen molar-refractivity contribution in [1.82, 2.24) is 0 Å². The monoisotopic (exact) mass is 396 g/mol. The standard InChI is InChI=1S/C28H44O/c1-18(2)8-7-9-19(3)22-12-13-24-21-10-11-23-20(4)26(29)15-17-28(23,6)25(21)14-16-27(22,24)5/h8,19-20,22-24H,7,9-17H2,1-6H3/t19-,20?,22-,23?,24+,27-,28+/m1/s1. The van der Waals surface area contributed by atoms with E-state index in [2.05, 4.69) is 47.6 Å². The highest BCUT2D eigenvalue weighted by atomic mass is 16.1. The number of hydrogen-bond donors (Lipinski definition) is 0. The molecule has 0 N–H and O–H groups in total. The highest BCUT2D eigenvalue weighted by Gasteiger charge is 2.56. The van der Waals surface area contributed by atoms with E-state index >= 15 is 0 Å². The Hall–Kier alpha value is -0.850. The van der Waals surface area contributed by atoms with Crippen molar-refractivity contribution in [2.45, 2.75) is 106 Å². The number of fused-ring (bicyclic) bond motifs is 4. The van der Waals surface area contributed by atoms with Crippen LogP contribution in [0.2, 0.25) is 0 Å². The summed E-state index contributed by atoms with van der Waals surface area (Å²) in [4.78, 5) is 12.4. The maximum Gasteiger partial charge on any atom is 0.136 e. The van der Waals surface area contributed by atoms with Gasteiger partial charge >= 0.3 is 0 Å². The molecule has 0 aromatic carbocycles. The van der Waals surface area contributed by atoms with Crippen molar-refractivity contribution in [3.05, 3.63) is 22.8 Å². The maximum atomic E-state index is 12.4. The minimum absolute atomic E-state index is 0.280. The van der Waals surface area contributed by atoms with Crippen molar-refractivity contribution in [2.24, 2.45) is 40.4 Å². The van der Waals surface area contributed by atoms with Crippen LogP contribution in [0.3, 0.4) is 0 Å². The van der Waals surface area contributed by atoms with E-state index < -0.39 is 0 Å². The molecule has 7 atom stereocenters. The van der Waals surface area contributed by atoms with Gasteiger partial charge in [0.15, 0.2) is 0 Å². The first-order chi connectivity index (χ1) is 13.7. The van der Waals surface area contributed by atoms with Gasteiger partial charge in [0, 0.05) is 12.3 Å². The SMILES string of the molecule is CC(C)=CCC[C@@H](C)[C@H]1CC[C@H]2C3=C(CC[C@]12C)[C@@]1(C)CCC(=O)C(C)C1CC3. The topological polar surface area (TPSA) is 17.1 Å².